The molecule has 1 aromatic rings. The van der Waals surface area contributed by atoms with Gasteiger partial charge in [0, 0.05) is 6.54 Å². The summed E-state index contributed by atoms with van der Waals surface area (Å²) in [6.07, 6.45) is 2.12. The van der Waals surface area contributed by atoms with Gasteiger partial charge < -0.3 is 15.4 Å². The van der Waals surface area contributed by atoms with Crippen LogP contribution in [0, 0.1) is 11.6 Å². The van der Waals surface area contributed by atoms with E-state index in [1.807, 2.05) is 6.26 Å². The number of nitrogens with two attached hydrogens (primary N) is 1. The lowest BCUT2D eigenvalue weighted by Gasteiger charge is -2.34. The van der Waals surface area contributed by atoms with Crippen LogP contribution in [-0.2, 0) is 9.53 Å². The molecule has 1 saturated heterocycles. The molecule has 2 N–H and O–H groups in total. The van der Waals surface area contributed by atoms with Gasteiger partial charge in [0.1, 0.15) is 6.10 Å². The second-order valence-electron chi connectivity index (χ2n) is 5.21. The normalized spacial score (nSPS) is 19.1. The number of ether oxygens (including phenoxy) is 1. The molecule has 0 bridgehead atoms. The lowest BCUT2D eigenvalue weighted by Crippen LogP contribution is -2.49. The first-order valence-electron chi connectivity index (χ1n) is 7.12. The molecule has 130 valence electrons. The molecule has 1 heterocycles. The van der Waals surface area contributed by atoms with E-state index in [-0.39, 0.29) is 18.3 Å². The van der Waals surface area contributed by atoms with Gasteiger partial charge in [-0.1, -0.05) is 6.07 Å². The van der Waals surface area contributed by atoms with Gasteiger partial charge >= 0.3 is 0 Å². The quantitative estimate of drug-likeness (QED) is 0.869. The van der Waals surface area contributed by atoms with Crippen molar-refractivity contribution >= 4 is 30.1 Å². The maximum absolute atomic E-state index is 13.3. The molecule has 1 aliphatic heterocycles. The Kier molecular flexibility index (Phi) is 8.25. The third-order valence-corrected chi connectivity index (χ3v) is 4.29. The first-order chi connectivity index (χ1) is 10.5. The van der Waals surface area contributed by atoms with Gasteiger partial charge in [-0.25, -0.2) is 8.78 Å². The molecule has 1 aliphatic rings. The first kappa shape index (κ1) is 20.2. The third kappa shape index (κ3) is 5.31. The van der Waals surface area contributed by atoms with Crippen LogP contribution in [0.25, 0.3) is 0 Å². The minimum absolute atomic E-state index is 0. The molecule has 2 atom stereocenters. The van der Waals surface area contributed by atoms with E-state index in [1.54, 1.807) is 16.7 Å². The summed E-state index contributed by atoms with van der Waals surface area (Å²) in [6.45, 7) is 1.12. The molecular weight excluding hydrogens is 346 g/mol. The van der Waals surface area contributed by atoms with Gasteiger partial charge in [0.15, 0.2) is 11.6 Å². The van der Waals surface area contributed by atoms with Crippen LogP contribution in [-0.4, -0.2) is 48.6 Å². The fourth-order valence-electron chi connectivity index (χ4n) is 2.37. The highest BCUT2D eigenvalue weighted by Crippen LogP contribution is 2.24. The van der Waals surface area contributed by atoms with Gasteiger partial charge in [-0.15, -0.1) is 12.4 Å². The van der Waals surface area contributed by atoms with E-state index in [9.17, 15) is 13.6 Å². The summed E-state index contributed by atoms with van der Waals surface area (Å²) in [5.74, 6) is -1.11. The van der Waals surface area contributed by atoms with E-state index in [2.05, 4.69) is 0 Å². The zero-order valence-electron chi connectivity index (χ0n) is 12.8. The third-order valence-electron chi connectivity index (χ3n) is 3.64. The number of benzene rings is 1. The van der Waals surface area contributed by atoms with Gasteiger partial charge in [0.05, 0.1) is 19.2 Å². The summed E-state index contributed by atoms with van der Waals surface area (Å²) in [5, 5.41) is 0. The molecular formula is C15H21ClF2N2O2S. The van der Waals surface area contributed by atoms with Gasteiger partial charge in [-0.05, 0) is 36.1 Å². The minimum Gasteiger partial charge on any atom is -0.370 e. The predicted octanol–water partition coefficient (Wildman–Crippen LogP) is 2.37. The van der Waals surface area contributed by atoms with E-state index >= 15 is 0 Å². The van der Waals surface area contributed by atoms with Crippen LogP contribution < -0.4 is 5.73 Å². The zero-order valence-corrected chi connectivity index (χ0v) is 14.5. The number of hydrogen-bond acceptors (Lipinski definition) is 4. The van der Waals surface area contributed by atoms with Gasteiger partial charge in [0.2, 0.25) is 5.91 Å². The highest BCUT2D eigenvalue weighted by atomic mass is 35.5. The lowest BCUT2D eigenvalue weighted by atomic mass is 10.1. The van der Waals surface area contributed by atoms with Crippen molar-refractivity contribution in [2.75, 3.05) is 31.7 Å². The zero-order chi connectivity index (χ0) is 16.1. The van der Waals surface area contributed by atoms with Crippen LogP contribution in [0.15, 0.2) is 18.2 Å². The molecule has 23 heavy (non-hydrogen) atoms. The Morgan fingerprint density at radius 2 is 2.22 bits per heavy atom. The largest absolute Gasteiger partial charge is 0.370 e. The number of rotatable bonds is 5. The Hall–Kier alpha value is -0.890. The molecule has 2 unspecified atom stereocenters. The first-order valence-corrected chi connectivity index (χ1v) is 8.52. The molecule has 0 aromatic heterocycles. The number of thioether (sulfide) groups is 1. The van der Waals surface area contributed by atoms with E-state index in [4.69, 9.17) is 10.5 Å². The topological polar surface area (TPSA) is 55.6 Å². The molecule has 0 aliphatic carbocycles. The lowest BCUT2D eigenvalue weighted by molar-refractivity contribution is -0.140. The molecule has 0 spiro atoms. The average Bonchev–Trinajstić information content (AvgIpc) is 2.54. The molecule has 0 saturated carbocycles. The number of hydrogen-bond donors (Lipinski definition) is 1. The SMILES string of the molecule is CSCCC(N)C(=O)N1CCOC(c2ccc(F)c(F)c2)C1.Cl. The summed E-state index contributed by atoms with van der Waals surface area (Å²) in [5.41, 5.74) is 6.43. The summed E-state index contributed by atoms with van der Waals surface area (Å²) in [7, 11) is 0. The smallest absolute Gasteiger partial charge is 0.239 e. The maximum atomic E-state index is 13.3. The summed E-state index contributed by atoms with van der Waals surface area (Å²) in [4.78, 5) is 13.9. The van der Waals surface area contributed by atoms with E-state index in [0.717, 1.165) is 17.9 Å². The van der Waals surface area contributed by atoms with Crippen molar-refractivity contribution in [2.24, 2.45) is 5.73 Å². The van der Waals surface area contributed by atoms with Gasteiger partial charge in [0.25, 0.3) is 0 Å². The minimum atomic E-state index is -0.916. The van der Waals surface area contributed by atoms with E-state index in [0.29, 0.717) is 31.7 Å². The summed E-state index contributed by atoms with van der Waals surface area (Å²) >= 11 is 1.64. The number of nitrogens with zero attached hydrogens (tertiary/aromatic N) is 1. The second-order valence-corrected chi connectivity index (χ2v) is 6.19. The fraction of sp³-hybridized carbons (Fsp3) is 0.533. The van der Waals surface area contributed by atoms with Crippen molar-refractivity contribution in [3.05, 3.63) is 35.4 Å². The Bertz CT molecular complexity index is 536. The van der Waals surface area contributed by atoms with Crippen LogP contribution in [0.1, 0.15) is 18.1 Å². The molecule has 2 rings (SSSR count). The Labute approximate surface area is 145 Å². The highest BCUT2D eigenvalue weighted by Gasteiger charge is 2.28. The van der Waals surface area contributed by atoms with Crippen LogP contribution in [0.5, 0.6) is 0 Å². The Morgan fingerprint density at radius 1 is 1.48 bits per heavy atom. The Balaban J connectivity index is 0.00000264. The highest BCUT2D eigenvalue weighted by molar-refractivity contribution is 7.98. The number of halogens is 3. The maximum Gasteiger partial charge on any atom is 0.239 e. The standard InChI is InChI=1S/C15H20F2N2O2S.ClH/c1-22-7-4-13(18)15(20)19-5-6-21-14(9-19)10-2-3-11(16)12(17)8-10;/h2-3,8,13-14H,4-7,9,18H2,1H3;1H. The predicted molar refractivity (Wildman–Crippen MR) is 89.9 cm³/mol. The van der Waals surface area contributed by atoms with Crippen molar-refractivity contribution in [3.63, 3.8) is 0 Å². The molecule has 8 heteroatoms. The van der Waals surface area contributed by atoms with Crippen molar-refractivity contribution < 1.29 is 18.3 Å². The number of carbonyl (C=O) groups is 1. The van der Waals surface area contributed by atoms with Crippen molar-refractivity contribution in [3.8, 4) is 0 Å². The van der Waals surface area contributed by atoms with Crippen LogP contribution in [0.4, 0.5) is 8.78 Å². The number of amides is 1. The van der Waals surface area contributed by atoms with Crippen LogP contribution >= 0.6 is 24.2 Å². The molecule has 1 aromatic carbocycles. The number of carbonyl (C=O) groups excluding carboxylic acids is 1. The molecule has 0 radical (unpaired) electrons. The molecule has 1 amide bonds. The fourth-order valence-corrected chi connectivity index (χ4v) is 2.86. The van der Waals surface area contributed by atoms with Crippen LogP contribution in [0.2, 0.25) is 0 Å². The van der Waals surface area contributed by atoms with Crippen molar-refractivity contribution in [1.82, 2.24) is 4.90 Å². The summed E-state index contributed by atoms with van der Waals surface area (Å²) in [6, 6.07) is 3.13. The molecule has 1 fully saturated rings. The monoisotopic (exact) mass is 366 g/mol. The van der Waals surface area contributed by atoms with Crippen LogP contribution in [0.3, 0.4) is 0 Å². The molecule has 4 nitrogen and oxygen atoms in total. The van der Waals surface area contributed by atoms with Gasteiger partial charge in [-0.3, -0.25) is 4.79 Å². The van der Waals surface area contributed by atoms with Gasteiger partial charge in [-0.2, -0.15) is 11.8 Å². The second kappa shape index (κ2) is 9.42. The van der Waals surface area contributed by atoms with Crippen molar-refractivity contribution in [1.29, 1.82) is 0 Å². The summed E-state index contributed by atoms with van der Waals surface area (Å²) < 4.78 is 31.9. The Morgan fingerprint density at radius 3 is 2.87 bits per heavy atom. The number of morpholine rings is 1. The van der Waals surface area contributed by atoms with E-state index < -0.39 is 23.8 Å². The van der Waals surface area contributed by atoms with Crippen molar-refractivity contribution in [2.45, 2.75) is 18.6 Å². The van der Waals surface area contributed by atoms with E-state index in [1.165, 1.54) is 6.07 Å². The average molecular weight is 367 g/mol.